The van der Waals surface area contributed by atoms with E-state index in [1.807, 2.05) is 0 Å². The Balaban J connectivity index is 2.14. The summed E-state index contributed by atoms with van der Waals surface area (Å²) in [5.74, 6) is 0. The summed E-state index contributed by atoms with van der Waals surface area (Å²) >= 11 is 0. The second-order valence-corrected chi connectivity index (χ2v) is 5.97. The highest BCUT2D eigenvalue weighted by Crippen LogP contribution is 2.77. The summed E-state index contributed by atoms with van der Waals surface area (Å²) in [6.07, 6.45) is 9.30. The monoisotopic (exact) mass is 150 g/mol. The molecule has 0 aromatic rings. The van der Waals surface area contributed by atoms with Crippen LogP contribution in [-0.4, -0.2) is 0 Å². The van der Waals surface area contributed by atoms with Crippen LogP contribution in [0, 0.1) is 16.2 Å². The first-order valence-corrected chi connectivity index (χ1v) is 5.08. The molecule has 0 heteroatoms. The van der Waals surface area contributed by atoms with Crippen LogP contribution in [0.2, 0.25) is 0 Å². The molecule has 0 aromatic carbocycles. The lowest BCUT2D eigenvalue weighted by Gasteiger charge is -2.40. The molecule has 62 valence electrons. The number of hydrogen-bond acceptors (Lipinski definition) is 0. The predicted octanol–water partition coefficient (Wildman–Crippen LogP) is 3.37. The molecule has 0 heterocycles. The van der Waals surface area contributed by atoms with E-state index in [0.29, 0.717) is 0 Å². The average molecular weight is 150 g/mol. The molecule has 3 bridgehead atoms. The van der Waals surface area contributed by atoms with E-state index in [0.717, 1.165) is 16.2 Å². The molecule has 0 N–H and O–H groups in total. The van der Waals surface area contributed by atoms with Gasteiger partial charge < -0.3 is 0 Å². The predicted molar refractivity (Wildman–Crippen MR) is 46.3 cm³/mol. The van der Waals surface area contributed by atoms with Gasteiger partial charge in [-0.2, -0.15) is 0 Å². The third-order valence-corrected chi connectivity index (χ3v) is 5.40. The van der Waals surface area contributed by atoms with E-state index in [9.17, 15) is 0 Å². The van der Waals surface area contributed by atoms with Crippen LogP contribution in [0.4, 0.5) is 0 Å². The fraction of sp³-hybridized carbons (Fsp3) is 1.00. The third kappa shape index (κ3) is 0.522. The van der Waals surface area contributed by atoms with Crippen LogP contribution >= 0.6 is 0 Å². The molecule has 0 amide bonds. The average Bonchev–Trinajstić information content (AvgIpc) is 2.45. The molecular formula is C11H18. The lowest BCUT2D eigenvalue weighted by atomic mass is 9.65. The van der Waals surface area contributed by atoms with Crippen LogP contribution in [0.3, 0.4) is 0 Å². The van der Waals surface area contributed by atoms with Crippen LogP contribution in [-0.2, 0) is 0 Å². The van der Waals surface area contributed by atoms with E-state index in [4.69, 9.17) is 0 Å². The Morgan fingerprint density at radius 3 is 1.45 bits per heavy atom. The van der Waals surface area contributed by atoms with Gasteiger partial charge in [-0.15, -0.1) is 0 Å². The summed E-state index contributed by atoms with van der Waals surface area (Å²) in [6, 6.07) is 0. The molecule has 3 saturated carbocycles. The molecule has 0 aliphatic heterocycles. The van der Waals surface area contributed by atoms with Gasteiger partial charge in [0.05, 0.1) is 0 Å². The first-order valence-electron chi connectivity index (χ1n) is 5.08. The molecule has 0 saturated heterocycles. The third-order valence-electron chi connectivity index (χ3n) is 5.40. The van der Waals surface area contributed by atoms with Crippen molar-refractivity contribution in [3.05, 3.63) is 0 Å². The lowest BCUT2D eigenvalue weighted by Crippen LogP contribution is -2.30. The first-order chi connectivity index (χ1) is 5.08. The number of fused-ring (bicyclic) bond motifs is 3. The largest absolute Gasteiger partial charge is 0.0591 e. The van der Waals surface area contributed by atoms with Gasteiger partial charge in [-0.05, 0) is 54.8 Å². The van der Waals surface area contributed by atoms with E-state index in [2.05, 4.69) is 13.8 Å². The molecule has 2 unspecified atom stereocenters. The first kappa shape index (κ1) is 6.51. The van der Waals surface area contributed by atoms with Crippen molar-refractivity contribution in [2.45, 2.75) is 52.4 Å². The van der Waals surface area contributed by atoms with Crippen LogP contribution in [0.15, 0.2) is 0 Å². The molecule has 0 radical (unpaired) electrons. The fourth-order valence-electron chi connectivity index (χ4n) is 4.49. The topological polar surface area (TPSA) is 0 Å². The molecule has 1 spiro atoms. The summed E-state index contributed by atoms with van der Waals surface area (Å²) in [6.45, 7) is 5.09. The fourth-order valence-corrected chi connectivity index (χ4v) is 4.49. The number of hydrogen-bond donors (Lipinski definition) is 0. The van der Waals surface area contributed by atoms with Gasteiger partial charge in [0.25, 0.3) is 0 Å². The summed E-state index contributed by atoms with van der Waals surface area (Å²) < 4.78 is 0. The van der Waals surface area contributed by atoms with Crippen LogP contribution in [0.25, 0.3) is 0 Å². The molecule has 3 aliphatic rings. The lowest BCUT2D eigenvalue weighted by molar-refractivity contribution is 0.0998. The van der Waals surface area contributed by atoms with Crippen molar-refractivity contribution in [2.75, 3.05) is 0 Å². The van der Waals surface area contributed by atoms with Crippen molar-refractivity contribution in [1.29, 1.82) is 0 Å². The van der Waals surface area contributed by atoms with Crippen molar-refractivity contribution in [3.8, 4) is 0 Å². The zero-order valence-electron chi connectivity index (χ0n) is 7.74. The van der Waals surface area contributed by atoms with E-state index < -0.39 is 0 Å². The van der Waals surface area contributed by atoms with E-state index in [1.54, 1.807) is 25.7 Å². The zero-order chi connectivity index (χ0) is 7.74. The summed E-state index contributed by atoms with van der Waals surface area (Å²) in [5, 5.41) is 0. The van der Waals surface area contributed by atoms with Crippen molar-refractivity contribution >= 4 is 0 Å². The Bertz CT molecular complexity index is 194. The van der Waals surface area contributed by atoms with E-state index >= 15 is 0 Å². The molecule has 3 atom stereocenters. The highest BCUT2D eigenvalue weighted by Gasteiger charge is 2.66. The SMILES string of the molecule is CC12CCC3(CC[C@@]1(C)C3)C2. The van der Waals surface area contributed by atoms with Gasteiger partial charge in [0.2, 0.25) is 0 Å². The molecule has 3 rings (SSSR count). The highest BCUT2D eigenvalue weighted by molar-refractivity contribution is 5.17. The Labute approximate surface area is 69.4 Å². The molecule has 11 heavy (non-hydrogen) atoms. The second kappa shape index (κ2) is 1.41. The Kier molecular flexibility index (Phi) is 0.832. The highest BCUT2D eigenvalue weighted by atomic mass is 14.7. The van der Waals surface area contributed by atoms with Crippen LogP contribution < -0.4 is 0 Å². The van der Waals surface area contributed by atoms with Gasteiger partial charge in [-0.1, -0.05) is 13.8 Å². The Morgan fingerprint density at radius 1 is 0.727 bits per heavy atom. The van der Waals surface area contributed by atoms with Crippen LogP contribution in [0.5, 0.6) is 0 Å². The Hall–Kier alpha value is 0. The minimum Gasteiger partial charge on any atom is -0.0591 e. The van der Waals surface area contributed by atoms with Crippen molar-refractivity contribution in [3.63, 3.8) is 0 Å². The van der Waals surface area contributed by atoms with Crippen molar-refractivity contribution < 1.29 is 0 Å². The van der Waals surface area contributed by atoms with Crippen molar-refractivity contribution in [2.24, 2.45) is 16.2 Å². The maximum absolute atomic E-state index is 2.54. The van der Waals surface area contributed by atoms with E-state index in [-0.39, 0.29) is 0 Å². The van der Waals surface area contributed by atoms with Gasteiger partial charge in [0.1, 0.15) is 0 Å². The van der Waals surface area contributed by atoms with Gasteiger partial charge >= 0.3 is 0 Å². The summed E-state index contributed by atoms with van der Waals surface area (Å²) in [7, 11) is 0. The van der Waals surface area contributed by atoms with Gasteiger partial charge in [0, 0.05) is 0 Å². The van der Waals surface area contributed by atoms with Gasteiger partial charge in [-0.3, -0.25) is 0 Å². The quantitative estimate of drug-likeness (QED) is 0.496. The minimum atomic E-state index is 0.755. The smallest absolute Gasteiger partial charge is 0.0266 e. The van der Waals surface area contributed by atoms with Crippen molar-refractivity contribution in [1.82, 2.24) is 0 Å². The van der Waals surface area contributed by atoms with E-state index in [1.165, 1.54) is 12.8 Å². The summed E-state index contributed by atoms with van der Waals surface area (Å²) in [4.78, 5) is 0. The van der Waals surface area contributed by atoms with Gasteiger partial charge in [0.15, 0.2) is 0 Å². The molecular weight excluding hydrogens is 132 g/mol. The second-order valence-electron chi connectivity index (χ2n) is 5.97. The van der Waals surface area contributed by atoms with Gasteiger partial charge in [-0.25, -0.2) is 0 Å². The molecule has 0 nitrogen and oxygen atoms in total. The normalized spacial score (nSPS) is 66.0. The molecule has 3 fully saturated rings. The maximum Gasteiger partial charge on any atom is -0.0266 e. The molecule has 0 aromatic heterocycles. The standard InChI is InChI=1S/C11H18/c1-9-3-5-11(7-9)6-4-10(9,2)8-11/h3-8H2,1-2H3/t9-,10?,11?/m0/s1. The minimum absolute atomic E-state index is 0.755. The van der Waals surface area contributed by atoms with Crippen LogP contribution in [0.1, 0.15) is 52.4 Å². The summed E-state index contributed by atoms with van der Waals surface area (Å²) in [5.41, 5.74) is 2.36. The Morgan fingerprint density at radius 2 is 1.18 bits per heavy atom. The molecule has 3 aliphatic carbocycles. The number of rotatable bonds is 0. The zero-order valence-corrected chi connectivity index (χ0v) is 7.74. The maximum atomic E-state index is 2.54.